The number of esters is 2. The maximum absolute atomic E-state index is 12.9. The predicted molar refractivity (Wildman–Crippen MR) is 146 cm³/mol. The second-order valence-corrected chi connectivity index (χ2v) is 9.13. The van der Waals surface area contributed by atoms with Crippen LogP contribution in [-0.4, -0.2) is 50.9 Å². The van der Waals surface area contributed by atoms with Gasteiger partial charge in [0, 0.05) is 16.7 Å². The van der Waals surface area contributed by atoms with E-state index < -0.39 is 30.3 Å². The average molecular weight is 639 g/mol. The molecule has 0 radical (unpaired) electrons. The molecule has 0 fully saturated rings. The van der Waals surface area contributed by atoms with Crippen molar-refractivity contribution in [1.29, 1.82) is 0 Å². The van der Waals surface area contributed by atoms with Crippen molar-refractivity contribution >= 4 is 39.4 Å². The first-order valence-corrected chi connectivity index (χ1v) is 12.6. The highest BCUT2D eigenvalue weighted by atomic mass is 79.9. The quantitative estimate of drug-likeness (QED) is 0.198. The monoisotopic (exact) mass is 638 g/mol. The molecule has 0 unspecified atom stereocenters. The Balaban J connectivity index is 0.000000317. The molecule has 3 rings (SSSR count). The van der Waals surface area contributed by atoms with Gasteiger partial charge in [0.25, 0.3) is 0 Å². The minimum absolute atomic E-state index is 0.0276. The highest BCUT2D eigenvalue weighted by Crippen LogP contribution is 2.36. The lowest BCUT2D eigenvalue weighted by Crippen LogP contribution is -2.13. The van der Waals surface area contributed by atoms with Gasteiger partial charge in [0.15, 0.2) is 24.8 Å². The molecule has 0 aromatic heterocycles. The number of rotatable bonds is 9. The van der Waals surface area contributed by atoms with Gasteiger partial charge in [-0.2, -0.15) is 13.2 Å². The summed E-state index contributed by atoms with van der Waals surface area (Å²) in [6.45, 7) is 2.27. The maximum Gasteiger partial charge on any atom is 0.416 e. The summed E-state index contributed by atoms with van der Waals surface area (Å²) in [4.78, 5) is 44.8. The third kappa shape index (κ3) is 10.1. The van der Waals surface area contributed by atoms with Crippen LogP contribution >= 0.6 is 15.9 Å². The number of carbonyl (C=O) groups excluding carboxylic acids is 4. The Morgan fingerprint density at radius 3 is 1.73 bits per heavy atom. The Bertz CT molecular complexity index is 1420. The standard InChI is InChI=1S/C18H15F3O4.C11H11BrO4/c1-11(22)12-6-7-16(25-10-17(23)24-2)15(9-12)13-4-3-5-14(8-13)18(19,20)21;1-7(13)8-3-4-10(9(12)5-8)16-6-11(14)15-2/h3-9H,10H2,1-2H3;3-5H,6H2,1-2H3. The molecular weight excluding hydrogens is 613 g/mol. The van der Waals surface area contributed by atoms with Gasteiger partial charge in [0.05, 0.1) is 24.3 Å². The molecule has 0 bridgehead atoms. The molecule has 0 N–H and O–H groups in total. The summed E-state index contributed by atoms with van der Waals surface area (Å²) >= 11 is 3.26. The molecule has 0 spiro atoms. The zero-order valence-corrected chi connectivity index (χ0v) is 24.1. The number of alkyl halides is 3. The van der Waals surface area contributed by atoms with E-state index in [-0.39, 0.29) is 35.0 Å². The summed E-state index contributed by atoms with van der Waals surface area (Å²) in [5.41, 5.74) is 0.577. The van der Waals surface area contributed by atoms with Gasteiger partial charge in [-0.3, -0.25) is 9.59 Å². The summed E-state index contributed by atoms with van der Waals surface area (Å²) in [5, 5.41) is 0. The highest BCUT2D eigenvalue weighted by Gasteiger charge is 2.30. The van der Waals surface area contributed by atoms with Crippen molar-refractivity contribution in [3.05, 3.63) is 81.8 Å². The fourth-order valence-corrected chi connectivity index (χ4v) is 3.68. The van der Waals surface area contributed by atoms with Crippen molar-refractivity contribution in [2.45, 2.75) is 20.0 Å². The second kappa shape index (κ2) is 15.0. The molecule has 0 atom stereocenters. The fraction of sp³-hybridized carbons (Fsp3) is 0.241. The molecule has 0 aliphatic heterocycles. The first-order chi connectivity index (χ1) is 19.3. The van der Waals surface area contributed by atoms with E-state index in [4.69, 9.17) is 9.47 Å². The molecule has 8 nitrogen and oxygen atoms in total. The third-order valence-corrected chi connectivity index (χ3v) is 5.99. The topological polar surface area (TPSA) is 105 Å². The second-order valence-electron chi connectivity index (χ2n) is 8.28. The van der Waals surface area contributed by atoms with Gasteiger partial charge in [-0.15, -0.1) is 0 Å². The predicted octanol–water partition coefficient (Wildman–Crippen LogP) is 6.33. The number of carbonyl (C=O) groups is 4. The van der Waals surface area contributed by atoms with Crippen LogP contribution in [0.4, 0.5) is 13.2 Å². The molecule has 3 aromatic carbocycles. The van der Waals surface area contributed by atoms with Gasteiger partial charge in [0.1, 0.15) is 11.5 Å². The lowest BCUT2D eigenvalue weighted by atomic mass is 9.98. The van der Waals surface area contributed by atoms with Gasteiger partial charge in [0.2, 0.25) is 0 Å². The summed E-state index contributed by atoms with van der Waals surface area (Å²) in [7, 11) is 2.48. The van der Waals surface area contributed by atoms with Crippen LogP contribution in [0.2, 0.25) is 0 Å². The number of hydrogen-bond donors (Lipinski definition) is 0. The van der Waals surface area contributed by atoms with Crippen molar-refractivity contribution in [3.63, 3.8) is 0 Å². The van der Waals surface area contributed by atoms with Crippen LogP contribution in [0.15, 0.2) is 65.1 Å². The molecule has 0 heterocycles. The lowest BCUT2D eigenvalue weighted by Gasteiger charge is -2.14. The van der Waals surface area contributed by atoms with Crippen molar-refractivity contribution in [3.8, 4) is 22.6 Å². The van der Waals surface area contributed by atoms with Crippen molar-refractivity contribution < 1.29 is 51.3 Å². The Morgan fingerprint density at radius 1 is 0.732 bits per heavy atom. The van der Waals surface area contributed by atoms with E-state index in [9.17, 15) is 32.3 Å². The minimum atomic E-state index is -4.50. The van der Waals surface area contributed by atoms with E-state index in [1.54, 1.807) is 18.2 Å². The Kier molecular flexibility index (Phi) is 12.1. The van der Waals surface area contributed by atoms with E-state index in [1.165, 1.54) is 58.4 Å². The van der Waals surface area contributed by atoms with Crippen LogP contribution in [0.1, 0.15) is 40.1 Å². The van der Waals surface area contributed by atoms with Crippen LogP contribution in [0.5, 0.6) is 11.5 Å². The van der Waals surface area contributed by atoms with E-state index in [1.807, 2.05) is 0 Å². The summed E-state index contributed by atoms with van der Waals surface area (Å²) in [6, 6.07) is 13.9. The molecular formula is C29H26BrF3O8. The zero-order chi connectivity index (χ0) is 30.7. The summed E-state index contributed by atoms with van der Waals surface area (Å²) < 4.78 is 58.9. The summed E-state index contributed by atoms with van der Waals surface area (Å²) in [6.07, 6.45) is -4.50. The number of hydrogen-bond acceptors (Lipinski definition) is 8. The van der Waals surface area contributed by atoms with E-state index in [0.29, 0.717) is 21.3 Å². The van der Waals surface area contributed by atoms with Gasteiger partial charge in [-0.1, -0.05) is 12.1 Å². The van der Waals surface area contributed by atoms with Gasteiger partial charge in [-0.25, -0.2) is 9.59 Å². The Hall–Kier alpha value is -4.19. The zero-order valence-electron chi connectivity index (χ0n) is 22.5. The van der Waals surface area contributed by atoms with E-state index in [2.05, 4.69) is 25.4 Å². The molecule has 41 heavy (non-hydrogen) atoms. The van der Waals surface area contributed by atoms with E-state index >= 15 is 0 Å². The molecule has 0 saturated heterocycles. The minimum Gasteiger partial charge on any atom is -0.481 e. The van der Waals surface area contributed by atoms with Crippen LogP contribution in [0.25, 0.3) is 11.1 Å². The van der Waals surface area contributed by atoms with Crippen molar-refractivity contribution in [2.75, 3.05) is 27.4 Å². The smallest absolute Gasteiger partial charge is 0.416 e. The van der Waals surface area contributed by atoms with Crippen molar-refractivity contribution in [1.82, 2.24) is 0 Å². The number of methoxy groups -OCH3 is 2. The largest absolute Gasteiger partial charge is 0.481 e. The van der Waals surface area contributed by atoms with Gasteiger partial charge in [-0.05, 0) is 83.9 Å². The van der Waals surface area contributed by atoms with E-state index in [0.717, 1.165) is 12.1 Å². The molecule has 0 amide bonds. The van der Waals surface area contributed by atoms with Crippen LogP contribution < -0.4 is 9.47 Å². The fourth-order valence-electron chi connectivity index (χ4n) is 3.19. The van der Waals surface area contributed by atoms with Crippen LogP contribution in [0.3, 0.4) is 0 Å². The number of ether oxygens (including phenoxy) is 4. The Morgan fingerprint density at radius 2 is 1.24 bits per heavy atom. The first kappa shape index (κ1) is 33.0. The normalized spacial score (nSPS) is 10.5. The van der Waals surface area contributed by atoms with Crippen molar-refractivity contribution in [2.24, 2.45) is 0 Å². The number of halogens is 4. The van der Waals surface area contributed by atoms with Gasteiger partial charge >= 0.3 is 18.1 Å². The molecule has 0 aliphatic rings. The van der Waals surface area contributed by atoms with Crippen LogP contribution in [-0.2, 0) is 25.2 Å². The van der Waals surface area contributed by atoms with Gasteiger partial charge < -0.3 is 18.9 Å². The average Bonchev–Trinajstić information content (AvgIpc) is 2.94. The first-order valence-electron chi connectivity index (χ1n) is 11.8. The maximum atomic E-state index is 12.9. The molecule has 12 heteroatoms. The molecule has 218 valence electrons. The third-order valence-electron chi connectivity index (χ3n) is 5.37. The molecule has 3 aromatic rings. The number of ketones is 2. The summed E-state index contributed by atoms with van der Waals surface area (Å²) in [5.74, 6) is -0.689. The Labute approximate surface area is 242 Å². The highest BCUT2D eigenvalue weighted by molar-refractivity contribution is 9.10. The number of Topliss-reactive ketones (excluding diaryl/α,β-unsaturated/α-hetero) is 2. The lowest BCUT2D eigenvalue weighted by molar-refractivity contribution is -0.143. The number of benzene rings is 3. The van der Waals surface area contributed by atoms with Crippen LogP contribution in [0, 0.1) is 0 Å². The molecule has 0 saturated carbocycles. The SMILES string of the molecule is COC(=O)COc1ccc(C(C)=O)cc1-c1cccc(C(F)(F)F)c1.COC(=O)COc1ccc(C(C)=O)cc1Br. The molecule has 0 aliphatic carbocycles.